The number of nitrogens with zero attached hydrogens (tertiary/aromatic N) is 4. The van der Waals surface area contributed by atoms with Crippen LogP contribution in [0.15, 0.2) is 89.5 Å². The molecule has 1 aliphatic heterocycles. The van der Waals surface area contributed by atoms with Crippen LogP contribution in [-0.2, 0) is 6.54 Å². The Labute approximate surface area is 203 Å². The first-order valence-corrected chi connectivity index (χ1v) is 11.5. The molecule has 1 N–H and O–H groups in total. The minimum atomic E-state index is -0.182. The van der Waals surface area contributed by atoms with Gasteiger partial charge in [0.2, 0.25) is 11.7 Å². The van der Waals surface area contributed by atoms with Gasteiger partial charge in [-0.3, -0.25) is 14.5 Å². The maximum atomic E-state index is 13.0. The van der Waals surface area contributed by atoms with Crippen LogP contribution in [0.1, 0.15) is 26.6 Å². The minimum Gasteiger partial charge on any atom is -0.338 e. The molecule has 2 heterocycles. The Bertz CT molecular complexity index is 1280. The highest BCUT2D eigenvalue weighted by Gasteiger charge is 2.23. The monoisotopic (exact) mass is 467 g/mol. The number of piperazine rings is 1. The summed E-state index contributed by atoms with van der Waals surface area (Å²) in [6.07, 6.45) is 0. The first-order chi connectivity index (χ1) is 17.2. The van der Waals surface area contributed by atoms with Gasteiger partial charge in [-0.1, -0.05) is 53.7 Å². The zero-order chi connectivity index (χ0) is 24.0. The Hall–Kier alpha value is -4.30. The van der Waals surface area contributed by atoms with E-state index < -0.39 is 0 Å². The van der Waals surface area contributed by atoms with E-state index >= 15 is 0 Å². The number of anilines is 1. The summed E-state index contributed by atoms with van der Waals surface area (Å²) in [5.74, 6) is 0.947. The van der Waals surface area contributed by atoms with E-state index in [0.29, 0.717) is 48.2 Å². The molecule has 0 aliphatic carbocycles. The molecule has 3 aromatic carbocycles. The Morgan fingerprint density at radius 2 is 1.46 bits per heavy atom. The van der Waals surface area contributed by atoms with Gasteiger partial charge < -0.3 is 14.7 Å². The van der Waals surface area contributed by atoms with Gasteiger partial charge in [0.25, 0.3) is 11.8 Å². The van der Waals surface area contributed by atoms with Gasteiger partial charge in [0, 0.05) is 48.6 Å². The standard InChI is InChI=1S/C27H25N5O3/c33-26(21-9-5-2-6-10-21)28-23-13-11-22(12-14-23)27(34)32-17-15-31(16-18-32)19-24-29-25(30-35-24)20-7-3-1-4-8-20/h1-14H,15-19H2,(H,28,33). The van der Waals surface area contributed by atoms with Crippen molar-refractivity contribution < 1.29 is 14.1 Å². The quantitative estimate of drug-likeness (QED) is 0.462. The average Bonchev–Trinajstić information content (AvgIpc) is 3.39. The molecular weight excluding hydrogens is 442 g/mol. The molecule has 1 aliphatic rings. The fourth-order valence-electron chi connectivity index (χ4n) is 4.00. The van der Waals surface area contributed by atoms with Crippen LogP contribution in [0.2, 0.25) is 0 Å². The Morgan fingerprint density at radius 3 is 2.14 bits per heavy atom. The number of aromatic nitrogens is 2. The zero-order valence-corrected chi connectivity index (χ0v) is 19.1. The first-order valence-electron chi connectivity index (χ1n) is 11.5. The fourth-order valence-corrected chi connectivity index (χ4v) is 4.00. The van der Waals surface area contributed by atoms with Gasteiger partial charge in [0.1, 0.15) is 0 Å². The largest absolute Gasteiger partial charge is 0.338 e. The number of amides is 2. The lowest BCUT2D eigenvalue weighted by Gasteiger charge is -2.34. The van der Waals surface area contributed by atoms with Crippen molar-refractivity contribution in [3.05, 3.63) is 102 Å². The van der Waals surface area contributed by atoms with Gasteiger partial charge in [-0.15, -0.1) is 0 Å². The van der Waals surface area contributed by atoms with E-state index in [-0.39, 0.29) is 11.8 Å². The molecule has 8 nitrogen and oxygen atoms in total. The molecule has 35 heavy (non-hydrogen) atoms. The third-order valence-corrected chi connectivity index (χ3v) is 5.94. The van der Waals surface area contributed by atoms with Crippen molar-refractivity contribution in [1.82, 2.24) is 19.9 Å². The number of carbonyl (C=O) groups is 2. The van der Waals surface area contributed by atoms with Gasteiger partial charge in [-0.2, -0.15) is 4.98 Å². The van der Waals surface area contributed by atoms with Crippen molar-refractivity contribution in [1.29, 1.82) is 0 Å². The Morgan fingerprint density at radius 1 is 0.800 bits per heavy atom. The molecule has 1 saturated heterocycles. The van der Waals surface area contributed by atoms with Crippen molar-refractivity contribution in [3.8, 4) is 11.4 Å². The van der Waals surface area contributed by atoms with Crippen molar-refractivity contribution in [2.45, 2.75) is 6.54 Å². The lowest BCUT2D eigenvalue weighted by molar-refractivity contribution is 0.0615. The van der Waals surface area contributed by atoms with Crippen molar-refractivity contribution in [2.75, 3.05) is 31.5 Å². The second kappa shape index (κ2) is 10.3. The third-order valence-electron chi connectivity index (χ3n) is 5.94. The average molecular weight is 468 g/mol. The van der Waals surface area contributed by atoms with Crippen LogP contribution in [0.4, 0.5) is 5.69 Å². The highest BCUT2D eigenvalue weighted by Crippen LogP contribution is 2.17. The summed E-state index contributed by atoms with van der Waals surface area (Å²) < 4.78 is 5.42. The van der Waals surface area contributed by atoms with Gasteiger partial charge in [0.05, 0.1) is 6.54 Å². The lowest BCUT2D eigenvalue weighted by atomic mass is 10.1. The molecule has 176 valence electrons. The summed E-state index contributed by atoms with van der Waals surface area (Å²) in [6, 6.07) is 25.7. The van der Waals surface area contributed by atoms with Crippen molar-refractivity contribution >= 4 is 17.5 Å². The Balaban J connectivity index is 1.12. The molecule has 0 radical (unpaired) electrons. The molecule has 2 amide bonds. The predicted molar refractivity (Wildman–Crippen MR) is 132 cm³/mol. The molecule has 0 unspecified atom stereocenters. The summed E-state index contributed by atoms with van der Waals surface area (Å²) in [6.45, 7) is 3.23. The Kier molecular flexibility index (Phi) is 6.63. The molecule has 0 bridgehead atoms. The molecule has 0 atom stereocenters. The molecule has 4 aromatic rings. The summed E-state index contributed by atoms with van der Waals surface area (Å²) in [4.78, 5) is 33.8. The van der Waals surface area contributed by atoms with E-state index in [9.17, 15) is 9.59 Å². The topological polar surface area (TPSA) is 91.6 Å². The van der Waals surface area contributed by atoms with E-state index in [4.69, 9.17) is 4.52 Å². The second-order valence-electron chi connectivity index (χ2n) is 8.34. The molecular formula is C27H25N5O3. The van der Waals surface area contributed by atoms with Crippen LogP contribution in [0, 0.1) is 0 Å². The summed E-state index contributed by atoms with van der Waals surface area (Å²) in [5.41, 5.74) is 2.75. The highest BCUT2D eigenvalue weighted by molar-refractivity contribution is 6.04. The van der Waals surface area contributed by atoms with Gasteiger partial charge in [-0.05, 0) is 36.4 Å². The van der Waals surface area contributed by atoms with Gasteiger partial charge in [-0.25, -0.2) is 0 Å². The summed E-state index contributed by atoms with van der Waals surface area (Å²) >= 11 is 0. The van der Waals surface area contributed by atoms with E-state index in [1.807, 2.05) is 53.4 Å². The first kappa shape index (κ1) is 22.5. The number of carbonyl (C=O) groups excluding carboxylic acids is 2. The van der Waals surface area contributed by atoms with Crippen LogP contribution < -0.4 is 5.32 Å². The summed E-state index contributed by atoms with van der Waals surface area (Å²) in [5, 5.41) is 6.93. The van der Waals surface area contributed by atoms with Gasteiger partial charge >= 0.3 is 0 Å². The third kappa shape index (κ3) is 5.44. The van der Waals surface area contributed by atoms with Gasteiger partial charge in [0.15, 0.2) is 0 Å². The van der Waals surface area contributed by atoms with Crippen molar-refractivity contribution in [2.24, 2.45) is 0 Å². The smallest absolute Gasteiger partial charge is 0.255 e. The molecule has 5 rings (SSSR count). The van der Waals surface area contributed by atoms with E-state index in [1.165, 1.54) is 0 Å². The van der Waals surface area contributed by atoms with E-state index in [1.54, 1.807) is 36.4 Å². The van der Waals surface area contributed by atoms with Crippen LogP contribution in [0.3, 0.4) is 0 Å². The van der Waals surface area contributed by atoms with Crippen LogP contribution in [-0.4, -0.2) is 57.9 Å². The maximum absolute atomic E-state index is 13.0. The second-order valence-corrected chi connectivity index (χ2v) is 8.34. The number of nitrogens with one attached hydrogen (secondary N) is 1. The van der Waals surface area contributed by atoms with Crippen LogP contribution in [0.25, 0.3) is 11.4 Å². The zero-order valence-electron chi connectivity index (χ0n) is 19.1. The minimum absolute atomic E-state index is 0.0188. The van der Waals surface area contributed by atoms with Crippen LogP contribution >= 0.6 is 0 Å². The highest BCUT2D eigenvalue weighted by atomic mass is 16.5. The normalized spacial score (nSPS) is 14.0. The molecule has 0 saturated carbocycles. The number of hydrogen-bond donors (Lipinski definition) is 1. The number of rotatable bonds is 6. The van der Waals surface area contributed by atoms with E-state index in [0.717, 1.165) is 18.7 Å². The van der Waals surface area contributed by atoms with Crippen molar-refractivity contribution in [3.63, 3.8) is 0 Å². The fraction of sp³-hybridized carbons (Fsp3) is 0.185. The van der Waals surface area contributed by atoms with Crippen LogP contribution in [0.5, 0.6) is 0 Å². The lowest BCUT2D eigenvalue weighted by Crippen LogP contribution is -2.48. The predicted octanol–water partition coefficient (Wildman–Crippen LogP) is 3.95. The van der Waals surface area contributed by atoms with E-state index in [2.05, 4.69) is 20.4 Å². The number of hydrogen-bond acceptors (Lipinski definition) is 6. The molecule has 1 fully saturated rings. The number of benzene rings is 3. The summed E-state index contributed by atoms with van der Waals surface area (Å²) in [7, 11) is 0. The SMILES string of the molecule is O=C(Nc1ccc(C(=O)N2CCN(Cc3nc(-c4ccccc4)no3)CC2)cc1)c1ccccc1. The molecule has 8 heteroatoms. The molecule has 1 aromatic heterocycles. The molecule has 0 spiro atoms. The maximum Gasteiger partial charge on any atom is 0.255 e.